The second kappa shape index (κ2) is 5.02. The van der Waals surface area contributed by atoms with Gasteiger partial charge in [0.05, 0.1) is 12.2 Å². The van der Waals surface area contributed by atoms with E-state index in [1.807, 2.05) is 44.3 Å². The van der Waals surface area contributed by atoms with Crippen LogP contribution in [-0.2, 0) is 20.2 Å². The molecule has 0 aliphatic carbocycles. The highest BCUT2D eigenvalue weighted by atomic mass is 16.5. The lowest BCUT2D eigenvalue weighted by Crippen LogP contribution is -2.04. The minimum Gasteiger partial charge on any atom is -0.473 e. The average molecular weight is 271 g/mol. The first kappa shape index (κ1) is 12.7. The molecule has 0 atom stereocenters. The number of rotatable bonds is 4. The lowest BCUT2D eigenvalue weighted by Gasteiger charge is -2.06. The van der Waals surface area contributed by atoms with Crippen LogP contribution in [0.15, 0.2) is 34.7 Å². The van der Waals surface area contributed by atoms with Crippen molar-refractivity contribution in [2.24, 2.45) is 12.8 Å². The van der Waals surface area contributed by atoms with Crippen molar-refractivity contribution in [3.05, 3.63) is 47.3 Å². The highest BCUT2D eigenvalue weighted by molar-refractivity contribution is 5.82. The van der Waals surface area contributed by atoms with Crippen LogP contribution in [0.5, 0.6) is 5.88 Å². The number of fused-ring (bicyclic) bond motifs is 1. The Morgan fingerprint density at radius 1 is 1.35 bits per heavy atom. The van der Waals surface area contributed by atoms with E-state index in [-0.39, 0.29) is 0 Å². The fourth-order valence-corrected chi connectivity index (χ4v) is 2.34. The van der Waals surface area contributed by atoms with Crippen LogP contribution in [0.1, 0.15) is 17.0 Å². The lowest BCUT2D eigenvalue weighted by atomic mass is 10.1. The van der Waals surface area contributed by atoms with Crippen molar-refractivity contribution < 1.29 is 9.15 Å². The second-order valence-corrected chi connectivity index (χ2v) is 4.74. The first-order chi connectivity index (χ1) is 9.69. The van der Waals surface area contributed by atoms with E-state index < -0.39 is 0 Å². The van der Waals surface area contributed by atoms with Gasteiger partial charge in [-0.05, 0) is 13.0 Å². The van der Waals surface area contributed by atoms with Crippen molar-refractivity contribution in [2.45, 2.75) is 20.1 Å². The van der Waals surface area contributed by atoms with Crippen LogP contribution >= 0.6 is 0 Å². The molecule has 0 saturated carbocycles. The van der Waals surface area contributed by atoms with Crippen LogP contribution in [-0.4, -0.2) is 9.78 Å². The number of hydrogen-bond donors (Lipinski definition) is 1. The third-order valence-corrected chi connectivity index (χ3v) is 3.29. The molecule has 0 radical (unpaired) electrons. The Morgan fingerprint density at radius 2 is 2.15 bits per heavy atom. The van der Waals surface area contributed by atoms with E-state index in [0.29, 0.717) is 13.2 Å². The molecule has 20 heavy (non-hydrogen) atoms. The van der Waals surface area contributed by atoms with Crippen molar-refractivity contribution in [2.75, 3.05) is 0 Å². The highest BCUT2D eigenvalue weighted by Gasteiger charge is 2.14. The zero-order valence-corrected chi connectivity index (χ0v) is 11.6. The molecule has 0 amide bonds. The Morgan fingerprint density at radius 3 is 2.85 bits per heavy atom. The van der Waals surface area contributed by atoms with E-state index in [2.05, 4.69) is 5.10 Å². The Balaban J connectivity index is 1.92. The number of aryl methyl sites for hydroxylation is 2. The molecule has 0 bridgehead atoms. The topological polar surface area (TPSA) is 66.2 Å². The highest BCUT2D eigenvalue weighted by Crippen LogP contribution is 2.27. The Labute approximate surface area is 116 Å². The maximum absolute atomic E-state index is 5.84. The third-order valence-electron chi connectivity index (χ3n) is 3.29. The Kier molecular flexibility index (Phi) is 3.20. The van der Waals surface area contributed by atoms with Gasteiger partial charge in [0.1, 0.15) is 18.0 Å². The van der Waals surface area contributed by atoms with Gasteiger partial charge in [-0.25, -0.2) is 4.68 Å². The summed E-state index contributed by atoms with van der Waals surface area (Å²) in [5, 5.41) is 5.31. The first-order valence-corrected chi connectivity index (χ1v) is 6.52. The van der Waals surface area contributed by atoms with Crippen LogP contribution in [0, 0.1) is 6.92 Å². The molecule has 5 nitrogen and oxygen atoms in total. The zero-order chi connectivity index (χ0) is 14.1. The minimum absolute atomic E-state index is 0.359. The lowest BCUT2D eigenvalue weighted by molar-refractivity contribution is 0.276. The molecule has 3 rings (SSSR count). The van der Waals surface area contributed by atoms with Crippen LogP contribution in [0.4, 0.5) is 0 Å². The fraction of sp³-hybridized carbons (Fsp3) is 0.267. The van der Waals surface area contributed by atoms with Crippen molar-refractivity contribution in [1.29, 1.82) is 0 Å². The van der Waals surface area contributed by atoms with Crippen LogP contribution in [0.2, 0.25) is 0 Å². The summed E-state index contributed by atoms with van der Waals surface area (Å²) in [5.74, 6) is 1.50. The molecule has 0 unspecified atom stereocenters. The Hall–Kier alpha value is -2.27. The van der Waals surface area contributed by atoms with Gasteiger partial charge in [-0.3, -0.25) is 0 Å². The van der Waals surface area contributed by atoms with Crippen molar-refractivity contribution >= 4 is 11.0 Å². The van der Waals surface area contributed by atoms with Gasteiger partial charge in [0.15, 0.2) is 0 Å². The molecule has 1 aromatic carbocycles. The molecule has 0 aliphatic rings. The quantitative estimate of drug-likeness (QED) is 0.791. The average Bonchev–Trinajstić information content (AvgIpc) is 2.96. The van der Waals surface area contributed by atoms with E-state index >= 15 is 0 Å². The van der Waals surface area contributed by atoms with Gasteiger partial charge in [0.2, 0.25) is 5.88 Å². The van der Waals surface area contributed by atoms with Gasteiger partial charge in [0.25, 0.3) is 0 Å². The third kappa shape index (κ3) is 2.16. The van der Waals surface area contributed by atoms with Gasteiger partial charge in [-0.15, -0.1) is 0 Å². The molecule has 0 spiro atoms. The number of aromatic nitrogens is 2. The maximum Gasteiger partial charge on any atom is 0.212 e. The van der Waals surface area contributed by atoms with E-state index in [0.717, 1.165) is 33.9 Å². The van der Waals surface area contributed by atoms with E-state index in [4.69, 9.17) is 14.9 Å². The van der Waals surface area contributed by atoms with Crippen LogP contribution in [0.25, 0.3) is 11.0 Å². The minimum atomic E-state index is 0.359. The molecular weight excluding hydrogens is 254 g/mol. The monoisotopic (exact) mass is 271 g/mol. The van der Waals surface area contributed by atoms with E-state index in [1.165, 1.54) is 0 Å². The predicted octanol–water partition coefficient (Wildman–Crippen LogP) is 2.51. The normalized spacial score (nSPS) is 11.2. The first-order valence-electron chi connectivity index (χ1n) is 6.52. The number of nitrogens with zero attached hydrogens (tertiary/aromatic N) is 2. The zero-order valence-electron chi connectivity index (χ0n) is 11.6. The largest absolute Gasteiger partial charge is 0.473 e. The summed E-state index contributed by atoms with van der Waals surface area (Å²) in [7, 11) is 1.86. The summed E-state index contributed by atoms with van der Waals surface area (Å²) in [6.07, 6.45) is 0. The molecule has 104 valence electrons. The van der Waals surface area contributed by atoms with Gasteiger partial charge in [-0.2, -0.15) is 5.10 Å². The maximum atomic E-state index is 5.84. The number of nitrogens with two attached hydrogens (primary N) is 1. The number of para-hydroxylation sites is 1. The van der Waals surface area contributed by atoms with Crippen molar-refractivity contribution in [3.63, 3.8) is 0 Å². The number of hydrogen-bond acceptors (Lipinski definition) is 4. The predicted molar refractivity (Wildman–Crippen MR) is 76.4 cm³/mol. The summed E-state index contributed by atoms with van der Waals surface area (Å²) in [6, 6.07) is 9.79. The number of ether oxygens (including phenoxy) is 1. The van der Waals surface area contributed by atoms with Gasteiger partial charge < -0.3 is 14.9 Å². The summed E-state index contributed by atoms with van der Waals surface area (Å²) in [6.45, 7) is 2.71. The molecule has 0 aliphatic heterocycles. The molecule has 2 aromatic heterocycles. The molecule has 0 saturated heterocycles. The Bertz CT molecular complexity index is 743. The smallest absolute Gasteiger partial charge is 0.212 e. The van der Waals surface area contributed by atoms with Gasteiger partial charge >= 0.3 is 0 Å². The molecule has 0 fully saturated rings. The van der Waals surface area contributed by atoms with Crippen LogP contribution < -0.4 is 10.5 Å². The summed E-state index contributed by atoms with van der Waals surface area (Å²) >= 11 is 0. The summed E-state index contributed by atoms with van der Waals surface area (Å²) < 4.78 is 13.3. The molecule has 2 N–H and O–H groups in total. The van der Waals surface area contributed by atoms with Crippen molar-refractivity contribution in [1.82, 2.24) is 9.78 Å². The second-order valence-electron chi connectivity index (χ2n) is 4.74. The number of furan rings is 1. The summed E-state index contributed by atoms with van der Waals surface area (Å²) in [4.78, 5) is 0. The molecule has 5 heteroatoms. The van der Waals surface area contributed by atoms with Crippen molar-refractivity contribution in [3.8, 4) is 5.88 Å². The number of benzene rings is 1. The van der Waals surface area contributed by atoms with Gasteiger partial charge in [0, 0.05) is 24.1 Å². The van der Waals surface area contributed by atoms with E-state index in [9.17, 15) is 0 Å². The van der Waals surface area contributed by atoms with E-state index in [1.54, 1.807) is 4.68 Å². The van der Waals surface area contributed by atoms with Crippen LogP contribution in [0.3, 0.4) is 0 Å². The fourth-order valence-electron chi connectivity index (χ4n) is 2.34. The SMILES string of the molecule is Cc1cc(OCc2c(CN)oc3ccccc23)n(C)n1. The molecule has 3 aromatic rings. The molecular formula is C15H17N3O2. The molecule has 2 heterocycles. The standard InChI is InChI=1S/C15H17N3O2/c1-10-7-15(18(2)17-10)19-9-12-11-5-3-4-6-13(11)20-14(12)8-16/h3-7H,8-9,16H2,1-2H3. The van der Waals surface area contributed by atoms with Gasteiger partial charge in [-0.1, -0.05) is 18.2 Å². The summed E-state index contributed by atoms with van der Waals surface area (Å²) in [5.41, 5.74) is 8.52.